The summed E-state index contributed by atoms with van der Waals surface area (Å²) in [4.78, 5) is 0. The molecule has 2 fully saturated rings. The number of rotatable bonds is 4. The van der Waals surface area contributed by atoms with Gasteiger partial charge in [-0.05, 0) is 66.6 Å². The zero-order valence-corrected chi connectivity index (χ0v) is 15.6. The molecule has 6 atom stereocenters. The highest BCUT2D eigenvalue weighted by Gasteiger charge is 2.34. The highest BCUT2D eigenvalue weighted by molar-refractivity contribution is 4.85. The predicted octanol–water partition coefficient (Wildman–Crippen LogP) is 6.79. The van der Waals surface area contributed by atoms with Gasteiger partial charge in [-0.2, -0.15) is 0 Å². The summed E-state index contributed by atoms with van der Waals surface area (Å²) in [5, 5.41) is 0. The van der Waals surface area contributed by atoms with Crippen molar-refractivity contribution in [2.24, 2.45) is 47.3 Å². The molecule has 0 N–H and O–H groups in total. The average Bonchev–Trinajstić information content (AvgIpc) is 2.42. The van der Waals surface area contributed by atoms with Crippen LogP contribution in [0.15, 0.2) is 0 Å². The van der Waals surface area contributed by atoms with E-state index in [1.165, 1.54) is 38.5 Å². The Morgan fingerprint density at radius 2 is 1.05 bits per heavy atom. The lowest BCUT2D eigenvalue weighted by Crippen LogP contribution is -2.31. The summed E-state index contributed by atoms with van der Waals surface area (Å²) in [6.07, 6.45) is 10.6. The molecular formula is C21H40. The molecule has 2 aliphatic carbocycles. The van der Waals surface area contributed by atoms with Crippen LogP contribution in [-0.4, -0.2) is 0 Å². The second-order valence-corrected chi connectivity index (χ2v) is 9.36. The minimum Gasteiger partial charge on any atom is -0.0625 e. The van der Waals surface area contributed by atoms with Crippen molar-refractivity contribution >= 4 is 0 Å². The summed E-state index contributed by atoms with van der Waals surface area (Å²) in [5.74, 6) is 7.78. The zero-order chi connectivity index (χ0) is 15.6. The maximum absolute atomic E-state index is 2.50. The molecular weight excluding hydrogens is 252 g/mol. The molecule has 0 heteroatoms. The molecule has 21 heavy (non-hydrogen) atoms. The first-order valence-corrected chi connectivity index (χ1v) is 9.88. The van der Waals surface area contributed by atoms with Gasteiger partial charge in [-0.3, -0.25) is 0 Å². The maximum Gasteiger partial charge on any atom is -0.0363 e. The van der Waals surface area contributed by atoms with Crippen LogP contribution >= 0.6 is 0 Å². The first-order chi connectivity index (χ1) is 9.88. The van der Waals surface area contributed by atoms with Gasteiger partial charge in [0.2, 0.25) is 0 Å². The monoisotopic (exact) mass is 292 g/mol. The van der Waals surface area contributed by atoms with Gasteiger partial charge in [-0.25, -0.2) is 0 Å². The van der Waals surface area contributed by atoms with Crippen molar-refractivity contribution in [2.75, 3.05) is 0 Å². The second-order valence-electron chi connectivity index (χ2n) is 9.36. The molecule has 0 bridgehead atoms. The summed E-state index contributed by atoms with van der Waals surface area (Å²) in [6.45, 7) is 14.8. The van der Waals surface area contributed by atoms with Gasteiger partial charge in [-0.15, -0.1) is 0 Å². The van der Waals surface area contributed by atoms with Crippen LogP contribution in [0.2, 0.25) is 0 Å². The minimum absolute atomic E-state index is 0.887. The Bertz CT molecular complexity index is 273. The molecule has 2 aliphatic rings. The molecule has 0 heterocycles. The van der Waals surface area contributed by atoms with E-state index < -0.39 is 0 Å². The average molecular weight is 293 g/mol. The normalized spacial score (nSPS) is 41.7. The van der Waals surface area contributed by atoms with Crippen molar-refractivity contribution in [1.29, 1.82) is 0 Å². The highest BCUT2D eigenvalue weighted by atomic mass is 14.4. The van der Waals surface area contributed by atoms with Crippen molar-refractivity contribution in [1.82, 2.24) is 0 Å². The van der Waals surface area contributed by atoms with Crippen LogP contribution in [0.3, 0.4) is 0 Å². The summed E-state index contributed by atoms with van der Waals surface area (Å²) in [7, 11) is 0. The lowest BCUT2D eigenvalue weighted by atomic mass is 9.64. The molecule has 0 saturated heterocycles. The Labute approximate surface area is 134 Å². The fourth-order valence-corrected chi connectivity index (χ4v) is 5.65. The quantitative estimate of drug-likeness (QED) is 0.535. The van der Waals surface area contributed by atoms with E-state index in [0.29, 0.717) is 0 Å². The molecule has 0 amide bonds. The fourth-order valence-electron chi connectivity index (χ4n) is 5.65. The van der Waals surface area contributed by atoms with E-state index in [-0.39, 0.29) is 0 Å². The van der Waals surface area contributed by atoms with Crippen molar-refractivity contribution in [3.8, 4) is 0 Å². The van der Waals surface area contributed by atoms with Crippen molar-refractivity contribution in [3.63, 3.8) is 0 Å². The third-order valence-electron chi connectivity index (χ3n) is 7.11. The molecule has 0 aromatic carbocycles. The van der Waals surface area contributed by atoms with E-state index in [9.17, 15) is 0 Å². The molecule has 2 rings (SSSR count). The first-order valence-electron chi connectivity index (χ1n) is 9.88. The van der Waals surface area contributed by atoms with Gasteiger partial charge < -0.3 is 0 Å². The van der Waals surface area contributed by atoms with Crippen LogP contribution in [0.1, 0.15) is 86.5 Å². The number of hydrogen-bond acceptors (Lipinski definition) is 0. The van der Waals surface area contributed by atoms with E-state index in [0.717, 1.165) is 47.3 Å². The van der Waals surface area contributed by atoms with E-state index in [2.05, 4.69) is 41.5 Å². The standard InChI is InChI=1S/C21H40/c1-14(2)20-12-18(9-7-16(20)5)11-19-10-8-17(6)21(13-19)15(3)4/h14-21H,7-13H2,1-6H3. The van der Waals surface area contributed by atoms with Gasteiger partial charge in [0, 0.05) is 0 Å². The minimum atomic E-state index is 0.887. The van der Waals surface area contributed by atoms with E-state index in [4.69, 9.17) is 0 Å². The van der Waals surface area contributed by atoms with Crippen LogP contribution in [-0.2, 0) is 0 Å². The lowest BCUT2D eigenvalue weighted by molar-refractivity contribution is 0.0948. The van der Waals surface area contributed by atoms with Gasteiger partial charge in [-0.1, -0.05) is 67.2 Å². The number of hydrogen-bond donors (Lipinski definition) is 0. The van der Waals surface area contributed by atoms with Crippen LogP contribution in [0, 0.1) is 47.3 Å². The highest BCUT2D eigenvalue weighted by Crippen LogP contribution is 2.45. The summed E-state index contributed by atoms with van der Waals surface area (Å²) >= 11 is 0. The molecule has 0 radical (unpaired) electrons. The van der Waals surface area contributed by atoms with Crippen molar-refractivity contribution in [3.05, 3.63) is 0 Å². The molecule has 6 unspecified atom stereocenters. The Morgan fingerprint density at radius 3 is 1.38 bits per heavy atom. The molecule has 0 nitrogen and oxygen atoms in total. The Morgan fingerprint density at radius 1 is 0.667 bits per heavy atom. The van der Waals surface area contributed by atoms with Crippen LogP contribution in [0.5, 0.6) is 0 Å². The molecule has 0 aromatic rings. The van der Waals surface area contributed by atoms with Crippen LogP contribution < -0.4 is 0 Å². The SMILES string of the molecule is CC(C)C1CC(CC2CCC(C)C(C(C)C)C2)CCC1C. The van der Waals surface area contributed by atoms with E-state index >= 15 is 0 Å². The Hall–Kier alpha value is 0. The van der Waals surface area contributed by atoms with Crippen LogP contribution in [0.4, 0.5) is 0 Å². The predicted molar refractivity (Wildman–Crippen MR) is 94.3 cm³/mol. The van der Waals surface area contributed by atoms with Gasteiger partial charge >= 0.3 is 0 Å². The van der Waals surface area contributed by atoms with Gasteiger partial charge in [0.05, 0.1) is 0 Å². The van der Waals surface area contributed by atoms with Gasteiger partial charge in [0.15, 0.2) is 0 Å². The largest absolute Gasteiger partial charge is 0.0625 e. The van der Waals surface area contributed by atoms with Gasteiger partial charge in [0.1, 0.15) is 0 Å². The Balaban J connectivity index is 1.87. The zero-order valence-electron chi connectivity index (χ0n) is 15.6. The summed E-state index contributed by atoms with van der Waals surface area (Å²) < 4.78 is 0. The summed E-state index contributed by atoms with van der Waals surface area (Å²) in [6, 6.07) is 0. The third kappa shape index (κ3) is 4.49. The van der Waals surface area contributed by atoms with Gasteiger partial charge in [0.25, 0.3) is 0 Å². The van der Waals surface area contributed by atoms with E-state index in [1.807, 2.05) is 0 Å². The second kappa shape index (κ2) is 7.51. The maximum atomic E-state index is 2.50. The van der Waals surface area contributed by atoms with Crippen molar-refractivity contribution in [2.45, 2.75) is 86.5 Å². The third-order valence-corrected chi connectivity index (χ3v) is 7.11. The summed E-state index contributed by atoms with van der Waals surface area (Å²) in [5.41, 5.74) is 0. The topological polar surface area (TPSA) is 0 Å². The van der Waals surface area contributed by atoms with Crippen molar-refractivity contribution < 1.29 is 0 Å². The molecule has 0 aromatic heterocycles. The van der Waals surface area contributed by atoms with E-state index in [1.54, 1.807) is 6.42 Å². The smallest absolute Gasteiger partial charge is 0.0363 e. The molecule has 124 valence electrons. The molecule has 0 spiro atoms. The lowest BCUT2D eigenvalue weighted by Gasteiger charge is -2.41. The fraction of sp³-hybridized carbons (Fsp3) is 1.00. The first kappa shape index (κ1) is 17.4. The Kier molecular flexibility index (Phi) is 6.21. The van der Waals surface area contributed by atoms with Crippen LogP contribution in [0.25, 0.3) is 0 Å². The molecule has 2 saturated carbocycles. The molecule has 0 aliphatic heterocycles.